The van der Waals surface area contributed by atoms with Crippen molar-refractivity contribution in [3.8, 4) is 0 Å². The molecule has 5 nitrogen and oxygen atoms in total. The maximum absolute atomic E-state index is 13.8. The van der Waals surface area contributed by atoms with Gasteiger partial charge in [-0.1, -0.05) is 6.92 Å². The molecule has 4 atom stereocenters. The molecule has 0 spiro atoms. The second-order valence-electron chi connectivity index (χ2n) is 6.92. The molecule has 2 rings (SSSR count). The van der Waals surface area contributed by atoms with Crippen molar-refractivity contribution in [2.24, 2.45) is 11.7 Å². The van der Waals surface area contributed by atoms with Gasteiger partial charge in [0.2, 0.25) is 10.0 Å². The molecule has 0 amide bonds. The highest BCUT2D eigenvalue weighted by molar-refractivity contribution is 8.13. The van der Waals surface area contributed by atoms with Crippen LogP contribution in [0, 0.1) is 5.92 Å². The first-order chi connectivity index (χ1) is 12.0. The van der Waals surface area contributed by atoms with Gasteiger partial charge in [0.15, 0.2) is 0 Å². The van der Waals surface area contributed by atoms with Crippen LogP contribution in [-0.4, -0.2) is 58.8 Å². The number of thioether (sulfide) groups is 1. The Hall–Kier alpha value is -0.100. The second-order valence-corrected chi connectivity index (χ2v) is 10.7. The number of nitrogens with two attached hydrogens (primary N) is 1. The van der Waals surface area contributed by atoms with E-state index >= 15 is 0 Å². The molecule has 1 heterocycles. The summed E-state index contributed by atoms with van der Waals surface area (Å²) in [6, 6.07) is -2.15. The van der Waals surface area contributed by atoms with Crippen molar-refractivity contribution < 1.29 is 31.1 Å². The summed E-state index contributed by atoms with van der Waals surface area (Å²) in [7, 11) is -4.25. The molecule has 3 N–H and O–H groups in total. The van der Waals surface area contributed by atoms with Crippen LogP contribution in [0.1, 0.15) is 45.4 Å². The molecule has 0 aromatic carbocycles. The van der Waals surface area contributed by atoms with E-state index in [1.807, 2.05) is 0 Å². The second kappa shape index (κ2) is 8.50. The molecule has 11 heteroatoms. The molecule has 4 unspecified atom stereocenters. The number of hydrogen-bond acceptors (Lipinski definition) is 5. The van der Waals surface area contributed by atoms with Crippen LogP contribution in [0.15, 0.2) is 0 Å². The van der Waals surface area contributed by atoms with E-state index in [2.05, 4.69) is 0 Å². The highest BCUT2D eigenvalue weighted by Gasteiger charge is 2.54. The Balaban J connectivity index is 2.26. The number of halogens is 4. The molecule has 0 bridgehead atoms. The van der Waals surface area contributed by atoms with E-state index in [1.54, 1.807) is 0 Å². The quantitative estimate of drug-likeness (QED) is 0.508. The van der Waals surface area contributed by atoms with Crippen LogP contribution in [0.2, 0.25) is 0 Å². The lowest BCUT2D eigenvalue weighted by molar-refractivity contribution is -0.187. The molecule has 2 aliphatic rings. The highest BCUT2D eigenvalue weighted by atomic mass is 32.3. The smallest absolute Gasteiger partial charge is 0.378 e. The highest BCUT2D eigenvalue weighted by Crippen LogP contribution is 2.44. The van der Waals surface area contributed by atoms with Gasteiger partial charge in [0.05, 0.1) is 0 Å². The molecule has 1 saturated heterocycles. The summed E-state index contributed by atoms with van der Waals surface area (Å²) in [6.07, 6.45) is -6.52. The average molecular weight is 423 g/mol. The van der Waals surface area contributed by atoms with Crippen LogP contribution in [-0.2, 0) is 10.0 Å². The Morgan fingerprint density at radius 1 is 1.19 bits per heavy atom. The van der Waals surface area contributed by atoms with E-state index in [-0.39, 0.29) is 38.6 Å². The standard InChI is InChI=1S/C15H26F4N2O3S2/c1-2-21(26(23,24)12-8-7-11(25-12)14(20)22)13(15(17,18)19)9-3-5-10(16)6-4-9/h9-14,22H,2-8,20H2,1H3. The van der Waals surface area contributed by atoms with Crippen LogP contribution < -0.4 is 5.73 Å². The summed E-state index contributed by atoms with van der Waals surface area (Å²) in [5, 5.41) is 8.92. The molecule has 26 heavy (non-hydrogen) atoms. The van der Waals surface area contributed by atoms with Crippen LogP contribution in [0.4, 0.5) is 17.6 Å². The first kappa shape index (κ1) is 22.2. The lowest BCUT2D eigenvalue weighted by Gasteiger charge is -2.39. The van der Waals surface area contributed by atoms with Gasteiger partial charge in [-0.2, -0.15) is 17.5 Å². The first-order valence-corrected chi connectivity index (χ1v) is 11.2. The zero-order valence-electron chi connectivity index (χ0n) is 14.5. The Kier molecular flexibility index (Phi) is 7.26. The summed E-state index contributed by atoms with van der Waals surface area (Å²) in [5.74, 6) is -0.945. The summed E-state index contributed by atoms with van der Waals surface area (Å²) in [6.45, 7) is 1.07. The van der Waals surface area contributed by atoms with Gasteiger partial charge < -0.3 is 10.8 Å². The third-order valence-electron chi connectivity index (χ3n) is 5.16. The zero-order chi connectivity index (χ0) is 19.7. The van der Waals surface area contributed by atoms with Crippen molar-refractivity contribution in [1.82, 2.24) is 4.31 Å². The topological polar surface area (TPSA) is 83.6 Å². The SMILES string of the molecule is CCN(C(C1CCC(F)CC1)C(F)(F)F)S(=O)(=O)C1CCC(C(N)O)S1. The molecule has 154 valence electrons. The predicted molar refractivity (Wildman–Crippen MR) is 92.6 cm³/mol. The monoisotopic (exact) mass is 422 g/mol. The molecule has 2 fully saturated rings. The summed E-state index contributed by atoms with van der Waals surface area (Å²) >= 11 is 0.913. The van der Waals surface area contributed by atoms with Crippen molar-refractivity contribution in [1.29, 1.82) is 0 Å². The van der Waals surface area contributed by atoms with Crippen molar-refractivity contribution in [3.63, 3.8) is 0 Å². The summed E-state index contributed by atoms with van der Waals surface area (Å²) < 4.78 is 80.1. The average Bonchev–Trinajstić information content (AvgIpc) is 3.03. The first-order valence-electron chi connectivity index (χ1n) is 8.79. The van der Waals surface area contributed by atoms with Crippen molar-refractivity contribution in [2.75, 3.05) is 6.54 Å². The number of nitrogens with zero attached hydrogens (tertiary/aromatic N) is 1. The van der Waals surface area contributed by atoms with Crippen molar-refractivity contribution >= 4 is 21.8 Å². The fraction of sp³-hybridized carbons (Fsp3) is 1.00. The number of aliphatic hydroxyl groups is 1. The minimum absolute atomic E-state index is 0.0132. The number of sulfonamides is 1. The minimum atomic E-state index is -4.73. The number of aliphatic hydroxyl groups excluding tert-OH is 1. The molecular weight excluding hydrogens is 396 g/mol. The van der Waals surface area contributed by atoms with E-state index < -0.39 is 50.4 Å². The Morgan fingerprint density at radius 2 is 1.77 bits per heavy atom. The molecule has 1 aliphatic heterocycles. The van der Waals surface area contributed by atoms with E-state index in [9.17, 15) is 31.1 Å². The van der Waals surface area contributed by atoms with Crippen molar-refractivity contribution in [3.05, 3.63) is 0 Å². The molecular formula is C15H26F4N2O3S2. The molecule has 0 aromatic rings. The maximum atomic E-state index is 13.8. The summed E-state index contributed by atoms with van der Waals surface area (Å²) in [4.78, 5) is 0. The van der Waals surface area contributed by atoms with Gasteiger partial charge in [0.25, 0.3) is 0 Å². The van der Waals surface area contributed by atoms with Gasteiger partial charge in [0.1, 0.15) is 23.0 Å². The molecule has 1 aliphatic carbocycles. The van der Waals surface area contributed by atoms with Crippen LogP contribution in [0.5, 0.6) is 0 Å². The van der Waals surface area contributed by atoms with Crippen LogP contribution in [0.3, 0.4) is 0 Å². The molecule has 0 radical (unpaired) electrons. The maximum Gasteiger partial charge on any atom is 0.405 e. The molecule has 1 saturated carbocycles. The van der Waals surface area contributed by atoms with E-state index in [0.29, 0.717) is 10.7 Å². The minimum Gasteiger partial charge on any atom is -0.378 e. The number of alkyl halides is 4. The van der Waals surface area contributed by atoms with E-state index in [1.165, 1.54) is 6.92 Å². The number of rotatable bonds is 6. The van der Waals surface area contributed by atoms with Gasteiger partial charge in [-0.3, -0.25) is 0 Å². The Bertz CT molecular complexity index is 566. The third-order valence-corrected chi connectivity index (χ3v) is 9.66. The molecule has 0 aromatic heterocycles. The van der Waals surface area contributed by atoms with Gasteiger partial charge in [-0.15, -0.1) is 11.8 Å². The normalized spacial score (nSPS) is 33.4. The lowest BCUT2D eigenvalue weighted by atomic mass is 9.82. The van der Waals surface area contributed by atoms with Gasteiger partial charge in [-0.25, -0.2) is 12.8 Å². The van der Waals surface area contributed by atoms with E-state index in [0.717, 1.165) is 11.8 Å². The third kappa shape index (κ3) is 4.84. The Morgan fingerprint density at radius 3 is 2.19 bits per heavy atom. The van der Waals surface area contributed by atoms with Gasteiger partial charge >= 0.3 is 6.18 Å². The zero-order valence-corrected chi connectivity index (χ0v) is 16.2. The lowest BCUT2D eigenvalue weighted by Crippen LogP contribution is -2.55. The van der Waals surface area contributed by atoms with Gasteiger partial charge in [0, 0.05) is 11.8 Å². The van der Waals surface area contributed by atoms with Crippen LogP contribution in [0.25, 0.3) is 0 Å². The largest absolute Gasteiger partial charge is 0.405 e. The number of hydrogen-bond donors (Lipinski definition) is 2. The van der Waals surface area contributed by atoms with E-state index in [4.69, 9.17) is 5.73 Å². The van der Waals surface area contributed by atoms with Crippen molar-refractivity contribution in [2.45, 2.75) is 79.9 Å². The summed E-state index contributed by atoms with van der Waals surface area (Å²) in [5.41, 5.74) is 5.38. The fourth-order valence-corrected chi connectivity index (χ4v) is 7.97. The Labute approximate surface area is 155 Å². The predicted octanol–water partition coefficient (Wildman–Crippen LogP) is 2.60. The fourth-order valence-electron chi connectivity index (χ4n) is 3.85. The van der Waals surface area contributed by atoms with Gasteiger partial charge in [-0.05, 0) is 44.4 Å². The van der Waals surface area contributed by atoms with Crippen LogP contribution >= 0.6 is 11.8 Å².